The maximum atomic E-state index is 13.5. The fourth-order valence-corrected chi connectivity index (χ4v) is 3.93. The second kappa shape index (κ2) is 9.93. The van der Waals surface area contributed by atoms with Gasteiger partial charge in [-0.15, -0.1) is 0 Å². The molecule has 0 fully saturated rings. The van der Waals surface area contributed by atoms with Crippen LogP contribution >= 0.6 is 34.8 Å². The lowest BCUT2D eigenvalue weighted by atomic mass is 9.91. The smallest absolute Gasteiger partial charge is 0.159 e. The first-order chi connectivity index (χ1) is 14.3. The summed E-state index contributed by atoms with van der Waals surface area (Å²) in [4.78, 5) is 0.603. The fraction of sp³-hybridized carbons (Fsp3) is 0.250. The van der Waals surface area contributed by atoms with Crippen molar-refractivity contribution in [3.8, 4) is 0 Å². The minimum atomic E-state index is -0.875. The van der Waals surface area contributed by atoms with Gasteiger partial charge < -0.3 is 21.8 Å². The molecule has 1 aromatic carbocycles. The molecular formula is C20H21BF2IN5S. The quantitative estimate of drug-likeness (QED) is 0.185. The average Bonchev–Trinajstić information content (AvgIpc) is 2.99. The zero-order valence-electron chi connectivity index (χ0n) is 16.1. The van der Waals surface area contributed by atoms with Crippen LogP contribution < -0.4 is 21.8 Å². The lowest BCUT2D eigenvalue weighted by Gasteiger charge is -2.21. The highest BCUT2D eigenvalue weighted by molar-refractivity contribution is 14.1. The lowest BCUT2D eigenvalue weighted by Crippen LogP contribution is -2.37. The first-order valence-electron chi connectivity index (χ1n) is 9.29. The summed E-state index contributed by atoms with van der Waals surface area (Å²) in [6, 6.07) is 3.64. The van der Waals surface area contributed by atoms with E-state index in [1.807, 2.05) is 11.1 Å². The number of hydrazine groups is 1. The summed E-state index contributed by atoms with van der Waals surface area (Å²) in [6.07, 6.45) is 4.08. The molecule has 0 aromatic heterocycles. The third-order valence-electron chi connectivity index (χ3n) is 4.73. The molecule has 1 aromatic rings. The van der Waals surface area contributed by atoms with Crippen molar-refractivity contribution in [2.45, 2.75) is 12.5 Å². The first kappa shape index (κ1) is 22.8. The van der Waals surface area contributed by atoms with E-state index in [4.69, 9.17) is 25.8 Å². The van der Waals surface area contributed by atoms with Crippen LogP contribution in [0.25, 0.3) is 0 Å². The number of benzene rings is 1. The van der Waals surface area contributed by atoms with Crippen molar-refractivity contribution in [2.24, 2.45) is 5.73 Å². The third-order valence-corrected chi connectivity index (χ3v) is 6.06. The van der Waals surface area contributed by atoms with Crippen molar-refractivity contribution < 1.29 is 8.78 Å². The van der Waals surface area contributed by atoms with Gasteiger partial charge in [0.2, 0.25) is 0 Å². The van der Waals surface area contributed by atoms with Gasteiger partial charge in [-0.05, 0) is 52.8 Å². The van der Waals surface area contributed by atoms with E-state index >= 15 is 0 Å². The molecule has 0 saturated carbocycles. The van der Waals surface area contributed by atoms with Crippen molar-refractivity contribution in [3.05, 3.63) is 80.3 Å². The second-order valence-electron chi connectivity index (χ2n) is 6.90. The van der Waals surface area contributed by atoms with Crippen LogP contribution in [0.1, 0.15) is 5.56 Å². The first-order valence-corrected chi connectivity index (χ1v) is 10.8. The molecule has 5 nitrogen and oxygen atoms in total. The average molecular weight is 539 g/mol. The zero-order valence-corrected chi connectivity index (χ0v) is 19.1. The van der Waals surface area contributed by atoms with Crippen LogP contribution in [-0.4, -0.2) is 43.5 Å². The highest BCUT2D eigenvalue weighted by atomic mass is 127. The number of fused-ring (bicyclic) bond motifs is 1. The molecule has 5 N–H and O–H groups in total. The van der Waals surface area contributed by atoms with Gasteiger partial charge >= 0.3 is 0 Å². The summed E-state index contributed by atoms with van der Waals surface area (Å²) >= 11 is 7.70. The Balaban J connectivity index is 1.77. The molecule has 30 heavy (non-hydrogen) atoms. The van der Waals surface area contributed by atoms with Gasteiger partial charge in [0, 0.05) is 40.2 Å². The topological polar surface area (TPSA) is 65.3 Å². The summed E-state index contributed by atoms with van der Waals surface area (Å²) < 4.78 is 27.5. The molecular weight excluding hydrogens is 518 g/mol. The predicted molar refractivity (Wildman–Crippen MR) is 129 cm³/mol. The normalized spacial score (nSPS) is 17.6. The number of thiocarbonyl (C=S) groups is 1. The lowest BCUT2D eigenvalue weighted by molar-refractivity contribution is 0.320. The Morgan fingerprint density at radius 3 is 2.90 bits per heavy atom. The molecule has 10 heteroatoms. The second-order valence-corrected chi connectivity index (χ2v) is 8.47. The Kier molecular flexibility index (Phi) is 7.53. The molecule has 156 valence electrons. The molecule has 2 heterocycles. The molecule has 3 rings (SSSR count). The number of nitrogens with one attached hydrogen (secondary N) is 3. The van der Waals surface area contributed by atoms with Crippen LogP contribution in [0, 0.1) is 11.6 Å². The standard InChI is InChI=1S/C20H21BF2IN5S/c1-11(28-13(9-25)6-12-2-3-16(22)17(23)7-12)18(24)8-14-19-15(21)10-27-29(19)5-4-26-20(14)30/h2-3,7-8,10,13,27-28H,1,4-6,9,25H2,(H,26,30)/b18-8-/t13-/m0/s1. The van der Waals surface area contributed by atoms with E-state index in [0.29, 0.717) is 47.8 Å². The van der Waals surface area contributed by atoms with Gasteiger partial charge in [-0.2, -0.15) is 0 Å². The minimum Gasteiger partial charge on any atom is -0.380 e. The van der Waals surface area contributed by atoms with E-state index in [9.17, 15) is 8.78 Å². The number of hydrogen-bond acceptors (Lipinski definition) is 5. The van der Waals surface area contributed by atoms with Gasteiger partial charge in [-0.3, -0.25) is 5.01 Å². The molecule has 0 saturated heterocycles. The number of rotatable bonds is 7. The van der Waals surface area contributed by atoms with Gasteiger partial charge in [0.05, 0.1) is 12.2 Å². The summed E-state index contributed by atoms with van der Waals surface area (Å²) in [5.41, 5.74) is 12.5. The minimum absolute atomic E-state index is 0.202. The van der Waals surface area contributed by atoms with Gasteiger partial charge in [0.25, 0.3) is 0 Å². The Morgan fingerprint density at radius 1 is 1.43 bits per heavy atom. The van der Waals surface area contributed by atoms with E-state index in [1.165, 1.54) is 6.07 Å². The zero-order chi connectivity index (χ0) is 21.8. The fourth-order valence-electron chi connectivity index (χ4n) is 3.20. The van der Waals surface area contributed by atoms with Crippen molar-refractivity contribution in [1.29, 1.82) is 0 Å². The Morgan fingerprint density at radius 2 is 2.20 bits per heavy atom. The SMILES string of the molecule is [B]C1=CNN2CCNC(=S)C(/C=C(\I)C(=C)N[C@H](CN)Cc3ccc(F)c(F)c3)=C12. The molecule has 0 spiro atoms. The van der Waals surface area contributed by atoms with Crippen molar-refractivity contribution in [2.75, 3.05) is 19.6 Å². The predicted octanol–water partition coefficient (Wildman–Crippen LogP) is 2.27. The number of nitrogens with zero attached hydrogens (tertiary/aromatic N) is 1. The number of hydrogen-bond donors (Lipinski definition) is 4. The highest BCUT2D eigenvalue weighted by Crippen LogP contribution is 2.27. The molecule has 2 aliphatic heterocycles. The molecule has 1 atom stereocenters. The number of nitrogens with two attached hydrogens (primary N) is 1. The molecule has 0 aliphatic carbocycles. The van der Waals surface area contributed by atoms with Crippen LogP contribution in [0.4, 0.5) is 8.78 Å². The van der Waals surface area contributed by atoms with Crippen molar-refractivity contribution in [1.82, 2.24) is 21.1 Å². The number of halogens is 3. The van der Waals surface area contributed by atoms with Gasteiger partial charge in [-0.25, -0.2) is 8.78 Å². The van der Waals surface area contributed by atoms with Crippen LogP contribution in [0.2, 0.25) is 0 Å². The number of allylic oxidation sites excluding steroid dienone is 2. The van der Waals surface area contributed by atoms with Crippen LogP contribution in [0.3, 0.4) is 0 Å². The van der Waals surface area contributed by atoms with E-state index < -0.39 is 11.6 Å². The molecule has 2 aliphatic rings. The van der Waals surface area contributed by atoms with E-state index in [2.05, 4.69) is 45.2 Å². The van der Waals surface area contributed by atoms with Gasteiger partial charge in [-0.1, -0.05) is 30.3 Å². The summed E-state index contributed by atoms with van der Waals surface area (Å²) in [7, 11) is 6.14. The largest absolute Gasteiger partial charge is 0.380 e. The highest BCUT2D eigenvalue weighted by Gasteiger charge is 2.25. The molecule has 0 unspecified atom stereocenters. The maximum absolute atomic E-state index is 13.5. The van der Waals surface area contributed by atoms with E-state index in [-0.39, 0.29) is 6.04 Å². The summed E-state index contributed by atoms with van der Waals surface area (Å²) in [5, 5.41) is 8.42. The Bertz CT molecular complexity index is 963. The monoisotopic (exact) mass is 539 g/mol. The molecule has 0 bridgehead atoms. The third kappa shape index (κ3) is 5.22. The van der Waals surface area contributed by atoms with Crippen LogP contribution in [0.5, 0.6) is 0 Å². The van der Waals surface area contributed by atoms with Crippen LogP contribution in [-0.2, 0) is 6.42 Å². The maximum Gasteiger partial charge on any atom is 0.159 e. The molecule has 0 amide bonds. The van der Waals surface area contributed by atoms with Gasteiger partial charge in [0.15, 0.2) is 11.6 Å². The van der Waals surface area contributed by atoms with Crippen molar-refractivity contribution >= 4 is 47.6 Å². The van der Waals surface area contributed by atoms with Gasteiger partial charge in [0.1, 0.15) is 12.8 Å². The Labute approximate surface area is 195 Å². The summed E-state index contributed by atoms with van der Waals surface area (Å²) in [6.45, 7) is 5.79. The van der Waals surface area contributed by atoms with Crippen LogP contribution in [0.15, 0.2) is 63.1 Å². The summed E-state index contributed by atoms with van der Waals surface area (Å²) in [5.74, 6) is -1.75. The van der Waals surface area contributed by atoms with Crippen molar-refractivity contribution in [3.63, 3.8) is 0 Å². The van der Waals surface area contributed by atoms with E-state index in [0.717, 1.165) is 20.9 Å². The Hall–Kier alpha value is -1.92. The van der Waals surface area contributed by atoms with E-state index in [1.54, 1.807) is 12.3 Å². The molecule has 2 radical (unpaired) electrons.